The van der Waals surface area contributed by atoms with E-state index in [0.717, 1.165) is 25.7 Å². The molecule has 1 fully saturated rings. The minimum Gasteiger partial charge on any atom is -0.396 e. The quantitative estimate of drug-likeness (QED) is 0.708. The van der Waals surface area contributed by atoms with Crippen molar-refractivity contribution in [1.29, 1.82) is 0 Å². The Bertz CT molecular complexity index is 200. The molecule has 0 heterocycles. The average Bonchev–Trinajstić information content (AvgIpc) is 2.26. The Morgan fingerprint density at radius 2 is 2.07 bits per heavy atom. The topological polar surface area (TPSA) is 72.6 Å². The van der Waals surface area contributed by atoms with E-state index >= 15 is 0 Å². The molecule has 0 aromatic carbocycles. The lowest BCUT2D eigenvalue weighted by atomic mass is 9.88. The lowest BCUT2D eigenvalue weighted by Gasteiger charge is -2.27. The largest absolute Gasteiger partial charge is 0.396 e. The molecule has 15 heavy (non-hydrogen) atoms. The molecule has 3 N–H and O–H groups in total. The van der Waals surface area contributed by atoms with Crippen LogP contribution in [0.4, 0.5) is 0 Å². The van der Waals surface area contributed by atoms with Crippen LogP contribution in [-0.4, -0.2) is 30.3 Å². The summed E-state index contributed by atoms with van der Waals surface area (Å²) in [4.78, 5) is 10.8. The maximum atomic E-state index is 10.8. The van der Waals surface area contributed by atoms with E-state index in [4.69, 9.17) is 15.6 Å². The summed E-state index contributed by atoms with van der Waals surface area (Å²) in [6, 6.07) is 0. The molecule has 1 aliphatic carbocycles. The van der Waals surface area contributed by atoms with Gasteiger partial charge >= 0.3 is 0 Å². The molecule has 1 atom stereocenters. The Morgan fingerprint density at radius 3 is 2.53 bits per heavy atom. The Labute approximate surface area is 90.8 Å². The van der Waals surface area contributed by atoms with Gasteiger partial charge in [-0.05, 0) is 31.6 Å². The first-order chi connectivity index (χ1) is 7.13. The molecule has 1 unspecified atom stereocenters. The summed E-state index contributed by atoms with van der Waals surface area (Å²) < 4.78 is 5.62. The molecule has 1 aliphatic rings. The molecule has 88 valence electrons. The predicted molar refractivity (Wildman–Crippen MR) is 57.1 cm³/mol. The summed E-state index contributed by atoms with van der Waals surface area (Å²) in [6.07, 6.45) is 4.25. The second-order valence-electron chi connectivity index (χ2n) is 4.46. The van der Waals surface area contributed by atoms with E-state index in [1.165, 1.54) is 0 Å². The van der Waals surface area contributed by atoms with E-state index in [2.05, 4.69) is 0 Å². The molecule has 0 spiro atoms. The summed E-state index contributed by atoms with van der Waals surface area (Å²) in [6.45, 7) is 2.48. The molecule has 1 rings (SSSR count). The monoisotopic (exact) mass is 215 g/mol. The highest BCUT2D eigenvalue weighted by atomic mass is 16.5. The highest BCUT2D eigenvalue weighted by Crippen LogP contribution is 2.25. The van der Waals surface area contributed by atoms with Crippen LogP contribution < -0.4 is 5.73 Å². The third-order valence-corrected chi connectivity index (χ3v) is 3.12. The smallest absolute Gasteiger partial charge is 0.222 e. The number of primary amides is 1. The Balaban J connectivity index is 2.16. The van der Waals surface area contributed by atoms with Gasteiger partial charge in [-0.3, -0.25) is 4.79 Å². The minimum absolute atomic E-state index is 0.208. The van der Waals surface area contributed by atoms with E-state index in [1.54, 1.807) is 6.92 Å². The van der Waals surface area contributed by atoms with E-state index in [9.17, 15) is 4.79 Å². The van der Waals surface area contributed by atoms with Crippen LogP contribution in [0.3, 0.4) is 0 Å². The summed E-state index contributed by atoms with van der Waals surface area (Å²) in [5.74, 6) is -0.0713. The third-order valence-electron chi connectivity index (χ3n) is 3.12. The summed E-state index contributed by atoms with van der Waals surface area (Å²) in [7, 11) is 0. The van der Waals surface area contributed by atoms with Crippen molar-refractivity contribution in [2.24, 2.45) is 17.6 Å². The van der Waals surface area contributed by atoms with Crippen LogP contribution in [0.25, 0.3) is 0 Å². The lowest BCUT2D eigenvalue weighted by molar-refractivity contribution is -0.124. The molecule has 0 bridgehead atoms. The molecular formula is C11H21NO3. The zero-order chi connectivity index (χ0) is 11.3. The molecule has 4 heteroatoms. The number of carbonyl (C=O) groups is 1. The normalized spacial score (nSPS) is 28.7. The molecular weight excluding hydrogens is 194 g/mol. The fraction of sp³-hybridized carbons (Fsp3) is 0.909. The molecule has 0 aromatic rings. The van der Waals surface area contributed by atoms with Crippen LogP contribution >= 0.6 is 0 Å². The standard InChI is InChI=1S/C11H21NO3/c1-8(11(12)14)7-15-10-4-2-9(6-13)3-5-10/h8-10,13H,2-7H2,1H3,(H2,12,14). The zero-order valence-corrected chi connectivity index (χ0v) is 9.32. The van der Waals surface area contributed by atoms with Crippen LogP contribution in [0.5, 0.6) is 0 Å². The number of amides is 1. The molecule has 4 nitrogen and oxygen atoms in total. The number of rotatable bonds is 5. The van der Waals surface area contributed by atoms with Crippen molar-refractivity contribution in [2.45, 2.75) is 38.7 Å². The van der Waals surface area contributed by atoms with E-state index in [0.29, 0.717) is 12.5 Å². The maximum Gasteiger partial charge on any atom is 0.222 e. The summed E-state index contributed by atoms with van der Waals surface area (Å²) >= 11 is 0. The molecule has 0 saturated heterocycles. The van der Waals surface area contributed by atoms with Gasteiger partial charge in [0.05, 0.1) is 18.6 Å². The maximum absolute atomic E-state index is 10.8. The fourth-order valence-electron chi connectivity index (χ4n) is 1.84. The highest BCUT2D eigenvalue weighted by Gasteiger charge is 2.22. The first-order valence-corrected chi connectivity index (χ1v) is 5.65. The van der Waals surface area contributed by atoms with Crippen LogP contribution in [0.2, 0.25) is 0 Å². The number of aliphatic hydroxyl groups is 1. The number of aliphatic hydroxyl groups excluding tert-OH is 1. The van der Waals surface area contributed by atoms with Gasteiger partial charge in [-0.2, -0.15) is 0 Å². The Hall–Kier alpha value is -0.610. The number of hydrogen-bond donors (Lipinski definition) is 2. The molecule has 0 aromatic heterocycles. The van der Waals surface area contributed by atoms with Gasteiger partial charge in [-0.25, -0.2) is 0 Å². The van der Waals surface area contributed by atoms with E-state index < -0.39 is 0 Å². The second-order valence-corrected chi connectivity index (χ2v) is 4.46. The lowest BCUT2D eigenvalue weighted by Crippen LogP contribution is -2.29. The van der Waals surface area contributed by atoms with Crippen LogP contribution in [0.15, 0.2) is 0 Å². The van der Waals surface area contributed by atoms with Gasteiger partial charge in [-0.1, -0.05) is 6.92 Å². The van der Waals surface area contributed by atoms with Gasteiger partial charge in [0, 0.05) is 6.61 Å². The van der Waals surface area contributed by atoms with Crippen LogP contribution in [0.1, 0.15) is 32.6 Å². The van der Waals surface area contributed by atoms with Crippen molar-refractivity contribution in [1.82, 2.24) is 0 Å². The first-order valence-electron chi connectivity index (χ1n) is 5.65. The molecule has 0 aliphatic heterocycles. The highest BCUT2D eigenvalue weighted by molar-refractivity contribution is 5.76. The van der Waals surface area contributed by atoms with Crippen molar-refractivity contribution in [3.05, 3.63) is 0 Å². The molecule has 1 saturated carbocycles. The van der Waals surface area contributed by atoms with Crippen molar-refractivity contribution >= 4 is 5.91 Å². The number of nitrogens with two attached hydrogens (primary N) is 1. The van der Waals surface area contributed by atoms with Gasteiger partial charge < -0.3 is 15.6 Å². The number of ether oxygens (including phenoxy) is 1. The van der Waals surface area contributed by atoms with Gasteiger partial charge in [0.2, 0.25) is 5.91 Å². The summed E-state index contributed by atoms with van der Waals surface area (Å²) in [5, 5.41) is 8.97. The Kier molecular flexibility index (Phi) is 5.05. The van der Waals surface area contributed by atoms with Crippen molar-refractivity contribution in [3.63, 3.8) is 0 Å². The molecule has 0 radical (unpaired) electrons. The van der Waals surface area contributed by atoms with Gasteiger partial charge in [0.1, 0.15) is 0 Å². The third kappa shape index (κ3) is 4.18. The van der Waals surface area contributed by atoms with E-state index in [-0.39, 0.29) is 24.5 Å². The van der Waals surface area contributed by atoms with Crippen LogP contribution in [-0.2, 0) is 9.53 Å². The van der Waals surface area contributed by atoms with Gasteiger partial charge in [0.15, 0.2) is 0 Å². The van der Waals surface area contributed by atoms with Crippen molar-refractivity contribution in [2.75, 3.05) is 13.2 Å². The van der Waals surface area contributed by atoms with Crippen LogP contribution in [0, 0.1) is 11.8 Å². The summed E-state index contributed by atoms with van der Waals surface area (Å²) in [5.41, 5.74) is 5.14. The number of hydrogen-bond acceptors (Lipinski definition) is 3. The van der Waals surface area contributed by atoms with E-state index in [1.807, 2.05) is 0 Å². The minimum atomic E-state index is -0.306. The van der Waals surface area contributed by atoms with Gasteiger partial charge in [0.25, 0.3) is 0 Å². The van der Waals surface area contributed by atoms with Crippen molar-refractivity contribution < 1.29 is 14.6 Å². The predicted octanol–water partition coefficient (Wildman–Crippen LogP) is 0.676. The first kappa shape index (κ1) is 12.5. The zero-order valence-electron chi connectivity index (χ0n) is 9.32. The second kappa shape index (κ2) is 6.08. The molecule has 1 amide bonds. The van der Waals surface area contributed by atoms with Crippen molar-refractivity contribution in [3.8, 4) is 0 Å². The SMILES string of the molecule is CC(COC1CCC(CO)CC1)C(N)=O. The fourth-order valence-corrected chi connectivity index (χ4v) is 1.84. The average molecular weight is 215 g/mol. The Morgan fingerprint density at radius 1 is 1.47 bits per heavy atom. The van der Waals surface area contributed by atoms with Gasteiger partial charge in [-0.15, -0.1) is 0 Å². The number of carbonyl (C=O) groups excluding carboxylic acids is 1.